The maximum atomic E-state index is 5.99. The summed E-state index contributed by atoms with van der Waals surface area (Å²) < 4.78 is 22.5. The number of ether oxygens (including phenoxy) is 4. The third-order valence-electron chi connectivity index (χ3n) is 8.61. The van der Waals surface area contributed by atoms with Gasteiger partial charge in [0.2, 0.25) is 0 Å². The summed E-state index contributed by atoms with van der Waals surface area (Å²) in [4.78, 5) is 0. The van der Waals surface area contributed by atoms with E-state index in [4.69, 9.17) is 18.9 Å². The lowest BCUT2D eigenvalue weighted by Crippen LogP contribution is -2.12. The van der Waals surface area contributed by atoms with E-state index in [1.54, 1.807) is 0 Å². The van der Waals surface area contributed by atoms with Crippen molar-refractivity contribution in [3.8, 4) is 11.5 Å². The Labute approximate surface area is 230 Å². The molecule has 1 aliphatic carbocycles. The highest BCUT2D eigenvalue weighted by Gasteiger charge is 2.24. The molecule has 3 fully saturated rings. The Kier molecular flexibility index (Phi) is 10.8. The van der Waals surface area contributed by atoms with Crippen molar-refractivity contribution in [3.63, 3.8) is 0 Å². The van der Waals surface area contributed by atoms with Gasteiger partial charge < -0.3 is 18.9 Å². The standard InChI is InChI=1S/C34H48O4/c1(5-9-33-25-37-33)3-7-23-35-31-19-15-29(16-20-31)27-11-13-28(14-12-27)30-17-21-32(22-18-30)36-24-8-4-2-6-10-34-26-38-34/h15-22,27-28,33-34H,1-14,23-26H2. The molecular formula is C34H48O4. The summed E-state index contributed by atoms with van der Waals surface area (Å²) in [6.45, 7) is 3.62. The van der Waals surface area contributed by atoms with Gasteiger partial charge in [-0.05, 0) is 98.6 Å². The van der Waals surface area contributed by atoms with Crippen LogP contribution in [0.5, 0.6) is 11.5 Å². The van der Waals surface area contributed by atoms with Crippen molar-refractivity contribution < 1.29 is 18.9 Å². The quantitative estimate of drug-likeness (QED) is 0.146. The molecule has 0 aromatic heterocycles. The minimum atomic E-state index is 0.578. The van der Waals surface area contributed by atoms with Crippen LogP contribution >= 0.6 is 0 Å². The lowest BCUT2D eigenvalue weighted by molar-refractivity contribution is 0.302. The minimum Gasteiger partial charge on any atom is -0.494 e. The van der Waals surface area contributed by atoms with E-state index in [1.807, 2.05) is 0 Å². The highest BCUT2D eigenvalue weighted by atomic mass is 16.6. The molecule has 0 radical (unpaired) electrons. The van der Waals surface area contributed by atoms with Crippen molar-refractivity contribution in [2.75, 3.05) is 26.4 Å². The van der Waals surface area contributed by atoms with Crippen LogP contribution in [-0.4, -0.2) is 38.6 Å². The highest BCUT2D eigenvalue weighted by Crippen LogP contribution is 2.41. The zero-order chi connectivity index (χ0) is 25.8. The van der Waals surface area contributed by atoms with Gasteiger partial charge in [-0.1, -0.05) is 62.8 Å². The number of hydrogen-bond donors (Lipinski definition) is 0. The van der Waals surface area contributed by atoms with Crippen LogP contribution in [0.4, 0.5) is 0 Å². The topological polar surface area (TPSA) is 43.5 Å². The lowest BCUT2D eigenvalue weighted by Gasteiger charge is -2.29. The largest absolute Gasteiger partial charge is 0.494 e. The summed E-state index contributed by atoms with van der Waals surface area (Å²) in [6.07, 6.45) is 18.6. The van der Waals surface area contributed by atoms with Crippen molar-refractivity contribution in [1.82, 2.24) is 0 Å². The molecule has 0 amide bonds. The van der Waals surface area contributed by atoms with Gasteiger partial charge in [-0.3, -0.25) is 0 Å². The van der Waals surface area contributed by atoms with Crippen LogP contribution in [0.3, 0.4) is 0 Å². The summed E-state index contributed by atoms with van der Waals surface area (Å²) in [7, 11) is 0. The maximum Gasteiger partial charge on any atom is 0.119 e. The van der Waals surface area contributed by atoms with E-state index in [1.165, 1.54) is 88.2 Å². The predicted molar refractivity (Wildman–Crippen MR) is 153 cm³/mol. The van der Waals surface area contributed by atoms with E-state index < -0.39 is 0 Å². The van der Waals surface area contributed by atoms with E-state index in [0.717, 1.165) is 50.8 Å². The molecular weight excluding hydrogens is 472 g/mol. The molecule has 1 saturated carbocycles. The smallest absolute Gasteiger partial charge is 0.119 e. The van der Waals surface area contributed by atoms with Crippen LogP contribution in [0.1, 0.15) is 113 Å². The SMILES string of the molecule is c1cc(C2CCC(c3ccc(OCCCCCCC4CO4)cc3)CC2)ccc1OCCCCCCC1CO1. The minimum absolute atomic E-state index is 0.578. The van der Waals surface area contributed by atoms with Gasteiger partial charge in [0.25, 0.3) is 0 Å². The van der Waals surface area contributed by atoms with E-state index in [2.05, 4.69) is 48.5 Å². The summed E-state index contributed by atoms with van der Waals surface area (Å²) >= 11 is 0. The van der Waals surface area contributed by atoms with Gasteiger partial charge in [-0.15, -0.1) is 0 Å². The van der Waals surface area contributed by atoms with Crippen molar-refractivity contribution in [3.05, 3.63) is 59.7 Å². The van der Waals surface area contributed by atoms with Crippen molar-refractivity contribution in [2.45, 2.75) is 114 Å². The summed E-state index contributed by atoms with van der Waals surface area (Å²) in [5, 5.41) is 0. The van der Waals surface area contributed by atoms with Gasteiger partial charge in [0.05, 0.1) is 38.6 Å². The molecule has 3 aliphatic rings. The second kappa shape index (κ2) is 14.9. The van der Waals surface area contributed by atoms with Crippen LogP contribution in [0.2, 0.25) is 0 Å². The first-order chi connectivity index (χ1) is 18.8. The maximum absolute atomic E-state index is 5.99. The van der Waals surface area contributed by atoms with Crippen molar-refractivity contribution >= 4 is 0 Å². The molecule has 4 nitrogen and oxygen atoms in total. The summed E-state index contributed by atoms with van der Waals surface area (Å²) in [5.74, 6) is 3.38. The average molecular weight is 521 g/mol. The van der Waals surface area contributed by atoms with Gasteiger partial charge in [-0.25, -0.2) is 0 Å². The molecule has 2 heterocycles. The number of benzene rings is 2. The third kappa shape index (κ3) is 9.61. The summed E-state index contributed by atoms with van der Waals surface area (Å²) in [6, 6.07) is 17.9. The molecule has 0 bridgehead atoms. The Bertz CT molecular complexity index is 831. The first-order valence-corrected chi connectivity index (χ1v) is 15.5. The van der Waals surface area contributed by atoms with Crippen LogP contribution in [0.15, 0.2) is 48.5 Å². The van der Waals surface area contributed by atoms with Gasteiger partial charge in [0.1, 0.15) is 11.5 Å². The molecule has 4 heteroatoms. The van der Waals surface area contributed by atoms with Crippen molar-refractivity contribution in [1.29, 1.82) is 0 Å². The molecule has 5 rings (SSSR count). The van der Waals surface area contributed by atoms with Crippen LogP contribution < -0.4 is 9.47 Å². The van der Waals surface area contributed by atoms with E-state index >= 15 is 0 Å². The van der Waals surface area contributed by atoms with Crippen LogP contribution in [0.25, 0.3) is 0 Å². The Morgan fingerprint density at radius 1 is 0.500 bits per heavy atom. The van der Waals surface area contributed by atoms with E-state index in [9.17, 15) is 0 Å². The van der Waals surface area contributed by atoms with Gasteiger partial charge >= 0.3 is 0 Å². The number of epoxide rings is 2. The second-order valence-corrected chi connectivity index (χ2v) is 11.7. The highest BCUT2D eigenvalue weighted by molar-refractivity contribution is 5.32. The Morgan fingerprint density at radius 3 is 1.24 bits per heavy atom. The zero-order valence-electron chi connectivity index (χ0n) is 23.3. The molecule has 2 aromatic rings. The van der Waals surface area contributed by atoms with Gasteiger partial charge in [0, 0.05) is 0 Å². The molecule has 2 unspecified atom stereocenters. The molecule has 2 saturated heterocycles. The summed E-state index contributed by atoms with van der Waals surface area (Å²) in [5.41, 5.74) is 2.95. The molecule has 2 aliphatic heterocycles. The Balaban J connectivity index is 0.934. The third-order valence-corrected chi connectivity index (χ3v) is 8.61. The van der Waals surface area contributed by atoms with E-state index in [0.29, 0.717) is 24.0 Å². The molecule has 2 aromatic carbocycles. The normalized spacial score (nSPS) is 24.2. The van der Waals surface area contributed by atoms with Gasteiger partial charge in [0.15, 0.2) is 0 Å². The van der Waals surface area contributed by atoms with Gasteiger partial charge in [-0.2, -0.15) is 0 Å². The Hall–Kier alpha value is -2.04. The van der Waals surface area contributed by atoms with E-state index in [-0.39, 0.29) is 0 Å². The number of hydrogen-bond acceptors (Lipinski definition) is 4. The Morgan fingerprint density at radius 2 is 0.868 bits per heavy atom. The molecule has 2 atom stereocenters. The van der Waals surface area contributed by atoms with Crippen LogP contribution in [-0.2, 0) is 9.47 Å². The molecule has 38 heavy (non-hydrogen) atoms. The monoisotopic (exact) mass is 520 g/mol. The molecule has 0 spiro atoms. The first kappa shape index (κ1) is 27.5. The molecule has 208 valence electrons. The number of unbranched alkanes of at least 4 members (excludes halogenated alkanes) is 6. The lowest BCUT2D eigenvalue weighted by atomic mass is 9.76. The first-order valence-electron chi connectivity index (χ1n) is 15.5. The average Bonchev–Trinajstić information content (AvgIpc) is 3.89. The zero-order valence-corrected chi connectivity index (χ0v) is 23.3. The fourth-order valence-electron chi connectivity index (χ4n) is 5.94. The fraction of sp³-hybridized carbons (Fsp3) is 0.647. The van der Waals surface area contributed by atoms with Crippen LogP contribution in [0, 0.1) is 0 Å². The second-order valence-electron chi connectivity index (χ2n) is 11.7. The number of rotatable bonds is 18. The molecule has 0 N–H and O–H groups in total. The predicted octanol–water partition coefficient (Wildman–Crippen LogP) is 8.58. The van der Waals surface area contributed by atoms with Crippen molar-refractivity contribution in [2.24, 2.45) is 0 Å². The fourth-order valence-corrected chi connectivity index (χ4v) is 5.94.